The van der Waals surface area contributed by atoms with Crippen LogP contribution in [0.15, 0.2) is 48.5 Å². The molecule has 5 nitrogen and oxygen atoms in total. The van der Waals surface area contributed by atoms with E-state index in [1.807, 2.05) is 0 Å². The highest BCUT2D eigenvalue weighted by atomic mass is 19.1. The molecule has 1 spiro atoms. The third-order valence-electron chi connectivity index (χ3n) is 4.89. The maximum Gasteiger partial charge on any atom is 0.340 e. The first kappa shape index (κ1) is 15.6. The molecule has 3 aromatic carbocycles. The Hall–Kier alpha value is -3.61. The van der Waals surface area contributed by atoms with Gasteiger partial charge in [0, 0.05) is 5.56 Å². The molecule has 2 aliphatic rings. The van der Waals surface area contributed by atoms with Gasteiger partial charge in [-0.2, -0.15) is 8.78 Å². The zero-order valence-electron chi connectivity index (χ0n) is 13.5. The number of fused-ring (bicyclic) bond motifs is 6. The van der Waals surface area contributed by atoms with Crippen molar-refractivity contribution in [2.45, 2.75) is 5.60 Å². The lowest BCUT2D eigenvalue weighted by molar-refractivity contribution is 0.0218. The smallest absolute Gasteiger partial charge is 0.340 e. The normalized spacial score (nSPS) is 15.6. The van der Waals surface area contributed by atoms with E-state index < -0.39 is 46.2 Å². The first-order valence-electron chi connectivity index (χ1n) is 7.99. The van der Waals surface area contributed by atoms with Gasteiger partial charge in [-0.15, -0.1) is 0 Å². The van der Waals surface area contributed by atoms with Gasteiger partial charge in [0.15, 0.2) is 28.6 Å². The summed E-state index contributed by atoms with van der Waals surface area (Å²) >= 11 is 0. The molecule has 2 aliphatic heterocycles. The van der Waals surface area contributed by atoms with Crippen LogP contribution < -0.4 is 4.74 Å². The Labute approximate surface area is 151 Å². The van der Waals surface area contributed by atoms with E-state index in [9.17, 15) is 23.8 Å². The van der Waals surface area contributed by atoms with Crippen molar-refractivity contribution in [1.29, 1.82) is 0 Å². The third-order valence-corrected chi connectivity index (χ3v) is 4.89. The van der Waals surface area contributed by atoms with Gasteiger partial charge in [0.1, 0.15) is 0 Å². The van der Waals surface area contributed by atoms with Gasteiger partial charge in [0.25, 0.3) is 0 Å². The molecule has 3 aromatic rings. The summed E-state index contributed by atoms with van der Waals surface area (Å²) in [6.07, 6.45) is 0. The van der Waals surface area contributed by atoms with Crippen LogP contribution in [0.2, 0.25) is 0 Å². The fourth-order valence-electron chi connectivity index (χ4n) is 3.71. The third kappa shape index (κ3) is 1.78. The lowest BCUT2D eigenvalue weighted by atomic mass is 9.77. The molecular weight excluding hydrogens is 358 g/mol. The minimum absolute atomic E-state index is 0.105. The van der Waals surface area contributed by atoms with Crippen LogP contribution in [-0.4, -0.2) is 16.2 Å². The largest absolute Gasteiger partial charge is 0.505 e. The van der Waals surface area contributed by atoms with Crippen molar-refractivity contribution in [2.75, 3.05) is 0 Å². The van der Waals surface area contributed by atoms with Crippen molar-refractivity contribution in [3.8, 4) is 23.0 Å². The van der Waals surface area contributed by atoms with E-state index in [1.54, 1.807) is 24.3 Å². The van der Waals surface area contributed by atoms with Crippen molar-refractivity contribution in [3.05, 3.63) is 82.4 Å². The Kier molecular flexibility index (Phi) is 2.88. The number of rotatable bonds is 0. The summed E-state index contributed by atoms with van der Waals surface area (Å²) in [5.74, 6) is -5.27. The number of phenolic OH excluding ortho intramolecular Hbond substituents is 2. The lowest BCUT2D eigenvalue weighted by Gasteiger charge is -2.36. The molecule has 0 saturated heterocycles. The molecule has 0 atom stereocenters. The minimum Gasteiger partial charge on any atom is -0.505 e. The van der Waals surface area contributed by atoms with Gasteiger partial charge in [-0.25, -0.2) is 4.79 Å². The van der Waals surface area contributed by atoms with E-state index >= 15 is 0 Å². The molecule has 2 heterocycles. The van der Waals surface area contributed by atoms with Gasteiger partial charge in [-0.1, -0.05) is 18.2 Å². The quantitative estimate of drug-likeness (QED) is 0.588. The molecule has 0 unspecified atom stereocenters. The van der Waals surface area contributed by atoms with Gasteiger partial charge < -0.3 is 19.7 Å². The number of hydrogen-bond donors (Lipinski definition) is 2. The molecular formula is C20H10F2O5. The van der Waals surface area contributed by atoms with Crippen molar-refractivity contribution < 1.29 is 33.3 Å². The maximum absolute atomic E-state index is 14.6. The molecule has 0 radical (unpaired) electrons. The summed E-state index contributed by atoms with van der Waals surface area (Å²) in [6, 6.07) is 11.4. The molecule has 0 bridgehead atoms. The number of benzene rings is 3. The minimum atomic E-state index is -1.67. The second-order valence-electron chi connectivity index (χ2n) is 6.27. The Morgan fingerprint density at radius 1 is 0.778 bits per heavy atom. The number of halogens is 2. The van der Waals surface area contributed by atoms with Crippen LogP contribution in [0.1, 0.15) is 27.0 Å². The van der Waals surface area contributed by atoms with Crippen LogP contribution in [-0.2, 0) is 10.3 Å². The summed E-state index contributed by atoms with van der Waals surface area (Å²) in [5.41, 5.74) is -0.823. The Morgan fingerprint density at radius 3 is 1.93 bits per heavy atom. The van der Waals surface area contributed by atoms with E-state index in [-0.39, 0.29) is 16.7 Å². The summed E-state index contributed by atoms with van der Waals surface area (Å²) in [4.78, 5) is 12.5. The van der Waals surface area contributed by atoms with Gasteiger partial charge in [-0.05, 0) is 30.3 Å². The van der Waals surface area contributed by atoms with Crippen molar-refractivity contribution >= 4 is 5.97 Å². The first-order chi connectivity index (χ1) is 12.9. The van der Waals surface area contributed by atoms with Gasteiger partial charge in [-0.3, -0.25) is 0 Å². The van der Waals surface area contributed by atoms with E-state index in [1.165, 1.54) is 12.1 Å². The standard InChI is InChI=1S/C20H10F2O5/c21-15-13(23)7-5-11-17(15)26-18-12(6-8-14(24)16(18)22)20(11)10-4-2-1-3-9(10)19(25)27-20/h1-8,23-24H. The predicted octanol–water partition coefficient (Wildman–Crippen LogP) is 3.94. The van der Waals surface area contributed by atoms with Crippen LogP contribution in [0.25, 0.3) is 0 Å². The number of aromatic hydroxyl groups is 2. The van der Waals surface area contributed by atoms with E-state index in [4.69, 9.17) is 9.47 Å². The molecule has 27 heavy (non-hydrogen) atoms. The number of carbonyl (C=O) groups excluding carboxylic acids is 1. The van der Waals surface area contributed by atoms with Crippen LogP contribution >= 0.6 is 0 Å². The van der Waals surface area contributed by atoms with Crippen molar-refractivity contribution in [3.63, 3.8) is 0 Å². The maximum atomic E-state index is 14.6. The number of ether oxygens (including phenoxy) is 2. The second-order valence-corrected chi connectivity index (χ2v) is 6.27. The molecule has 0 fully saturated rings. The van der Waals surface area contributed by atoms with Crippen molar-refractivity contribution in [1.82, 2.24) is 0 Å². The fraction of sp³-hybridized carbons (Fsp3) is 0.0500. The molecule has 7 heteroatoms. The molecule has 0 amide bonds. The molecule has 5 rings (SSSR count). The number of hydrogen-bond acceptors (Lipinski definition) is 5. The summed E-state index contributed by atoms with van der Waals surface area (Å²) < 4.78 is 40.3. The Morgan fingerprint density at radius 2 is 1.33 bits per heavy atom. The monoisotopic (exact) mass is 368 g/mol. The van der Waals surface area contributed by atoms with Crippen LogP contribution in [0.3, 0.4) is 0 Å². The topological polar surface area (TPSA) is 76.0 Å². The van der Waals surface area contributed by atoms with Gasteiger partial charge in [0.05, 0.1) is 16.7 Å². The second kappa shape index (κ2) is 4.97. The van der Waals surface area contributed by atoms with Crippen LogP contribution in [0.5, 0.6) is 23.0 Å². The zero-order valence-corrected chi connectivity index (χ0v) is 13.5. The highest BCUT2D eigenvalue weighted by Crippen LogP contribution is 2.58. The van der Waals surface area contributed by atoms with E-state index in [0.29, 0.717) is 5.56 Å². The molecule has 0 saturated carbocycles. The Balaban J connectivity index is 1.96. The first-order valence-corrected chi connectivity index (χ1v) is 7.99. The average molecular weight is 368 g/mol. The number of carbonyl (C=O) groups is 1. The highest BCUT2D eigenvalue weighted by molar-refractivity contribution is 5.97. The van der Waals surface area contributed by atoms with Crippen LogP contribution in [0.4, 0.5) is 8.78 Å². The average Bonchev–Trinajstić information content (AvgIpc) is 2.96. The predicted molar refractivity (Wildman–Crippen MR) is 87.9 cm³/mol. The SMILES string of the molecule is O=C1OC2(c3ccccc31)c1ccc(O)c(F)c1Oc1c2ccc(O)c1F. The van der Waals surface area contributed by atoms with E-state index in [2.05, 4.69) is 0 Å². The highest BCUT2D eigenvalue weighted by Gasteiger charge is 2.55. The van der Waals surface area contributed by atoms with Gasteiger partial charge in [0.2, 0.25) is 11.6 Å². The summed E-state index contributed by atoms with van der Waals surface area (Å²) in [6.45, 7) is 0. The number of esters is 1. The number of phenols is 2. The Bertz CT molecular complexity index is 1100. The lowest BCUT2D eigenvalue weighted by Crippen LogP contribution is -2.33. The molecule has 0 aromatic heterocycles. The molecule has 0 aliphatic carbocycles. The fourth-order valence-corrected chi connectivity index (χ4v) is 3.71. The van der Waals surface area contributed by atoms with Gasteiger partial charge >= 0.3 is 5.97 Å². The zero-order chi connectivity index (χ0) is 18.9. The summed E-state index contributed by atoms with van der Waals surface area (Å²) in [5, 5.41) is 19.4. The molecule has 134 valence electrons. The van der Waals surface area contributed by atoms with Crippen LogP contribution in [0, 0.1) is 11.6 Å². The van der Waals surface area contributed by atoms with Crippen molar-refractivity contribution in [2.24, 2.45) is 0 Å². The molecule has 2 N–H and O–H groups in total. The summed E-state index contributed by atoms with van der Waals surface area (Å²) in [7, 11) is 0. The van der Waals surface area contributed by atoms with E-state index in [0.717, 1.165) is 12.1 Å².